The fourth-order valence-corrected chi connectivity index (χ4v) is 5.34. The number of hydrogen-bond donors (Lipinski definition) is 2. The van der Waals surface area contributed by atoms with E-state index >= 15 is 0 Å². The van der Waals surface area contributed by atoms with Crippen molar-refractivity contribution < 1.29 is 22.8 Å². The van der Waals surface area contributed by atoms with E-state index in [-0.39, 0.29) is 42.8 Å². The molecule has 2 amide bonds. The van der Waals surface area contributed by atoms with Gasteiger partial charge in [-0.15, -0.1) is 0 Å². The summed E-state index contributed by atoms with van der Waals surface area (Å²) in [4.78, 5) is 32.2. The van der Waals surface area contributed by atoms with Gasteiger partial charge in [-0.2, -0.15) is 0 Å². The number of benzene rings is 1. The summed E-state index contributed by atoms with van der Waals surface area (Å²) in [5.41, 5.74) is 0.294. The number of carbonyl (C=O) groups is 3. The van der Waals surface area contributed by atoms with Crippen molar-refractivity contribution >= 4 is 56.8 Å². The summed E-state index contributed by atoms with van der Waals surface area (Å²) in [5, 5.41) is 3.90. The van der Waals surface area contributed by atoms with Gasteiger partial charge in [0.1, 0.15) is 0 Å². The Kier molecular flexibility index (Phi) is 15.0. The van der Waals surface area contributed by atoms with Crippen LogP contribution in [0.3, 0.4) is 0 Å². The first-order chi connectivity index (χ1) is 10.3. The van der Waals surface area contributed by atoms with E-state index in [1.165, 1.54) is 26.2 Å². The molecule has 25 heavy (non-hydrogen) atoms. The molecule has 1 aromatic rings. The molecular formula is C14H24N2O5S4. The van der Waals surface area contributed by atoms with Crippen molar-refractivity contribution in [2.24, 2.45) is 0 Å². The number of amides is 2. The third-order valence-corrected chi connectivity index (χ3v) is 7.25. The van der Waals surface area contributed by atoms with E-state index < -0.39 is 8.87 Å². The molecule has 2 rings (SSSR count). The van der Waals surface area contributed by atoms with Gasteiger partial charge in [0.05, 0.1) is 15.7 Å². The van der Waals surface area contributed by atoms with Crippen molar-refractivity contribution in [2.45, 2.75) is 27.2 Å². The maximum absolute atomic E-state index is 11.2. The van der Waals surface area contributed by atoms with Crippen LogP contribution in [-0.4, -0.2) is 38.1 Å². The first kappa shape index (κ1) is 28.6. The SMILES string of the molecule is C.C.C.CNC(=O)SSC(=O)NC.O=C1SS(=O)(=O)c2ccccc21. The van der Waals surface area contributed by atoms with Crippen LogP contribution in [0, 0.1) is 0 Å². The highest BCUT2D eigenvalue weighted by Gasteiger charge is 2.33. The average molecular weight is 429 g/mol. The van der Waals surface area contributed by atoms with Gasteiger partial charge in [0.2, 0.25) is 14.0 Å². The maximum Gasteiger partial charge on any atom is 0.289 e. The molecule has 0 saturated heterocycles. The maximum atomic E-state index is 11.2. The molecule has 0 aliphatic carbocycles. The number of nitrogens with one attached hydrogen (secondary N) is 2. The Labute approximate surface area is 161 Å². The topological polar surface area (TPSA) is 109 Å². The molecule has 7 nitrogen and oxygen atoms in total. The second-order valence-electron chi connectivity index (χ2n) is 3.56. The Hall–Kier alpha value is -1.17. The fourth-order valence-electron chi connectivity index (χ4n) is 1.20. The van der Waals surface area contributed by atoms with Gasteiger partial charge in [0.25, 0.3) is 10.5 Å². The van der Waals surface area contributed by atoms with Gasteiger partial charge in [-0.3, -0.25) is 14.4 Å². The lowest BCUT2D eigenvalue weighted by Crippen LogP contribution is -2.13. The van der Waals surface area contributed by atoms with E-state index in [0.717, 1.165) is 21.6 Å². The van der Waals surface area contributed by atoms with E-state index in [9.17, 15) is 22.8 Å². The summed E-state index contributed by atoms with van der Waals surface area (Å²) in [5.74, 6) is 0. The van der Waals surface area contributed by atoms with Crippen LogP contribution in [0.4, 0.5) is 9.59 Å². The Balaban J connectivity index is -0.000000352. The minimum atomic E-state index is -3.39. The lowest BCUT2D eigenvalue weighted by atomic mass is 10.2. The zero-order valence-corrected chi connectivity index (χ0v) is 14.7. The normalized spacial score (nSPS) is 12.6. The molecule has 2 N–H and O–H groups in total. The summed E-state index contributed by atoms with van der Waals surface area (Å²) in [7, 11) is 1.75. The number of rotatable bonds is 0. The highest BCUT2D eigenvalue weighted by molar-refractivity contribution is 8.87. The molecule has 1 aliphatic rings. The predicted molar refractivity (Wildman–Crippen MR) is 110 cm³/mol. The molecule has 0 spiro atoms. The van der Waals surface area contributed by atoms with Gasteiger partial charge < -0.3 is 10.6 Å². The smallest absolute Gasteiger partial charge is 0.289 e. The first-order valence-corrected chi connectivity index (χ1v) is 10.6. The van der Waals surface area contributed by atoms with E-state index in [0.29, 0.717) is 16.4 Å². The third-order valence-electron chi connectivity index (χ3n) is 2.16. The van der Waals surface area contributed by atoms with Crippen molar-refractivity contribution in [3.05, 3.63) is 29.8 Å². The van der Waals surface area contributed by atoms with Gasteiger partial charge in [0, 0.05) is 41.2 Å². The Morgan fingerprint density at radius 1 is 0.960 bits per heavy atom. The molecule has 0 fully saturated rings. The summed E-state index contributed by atoms with van der Waals surface area (Å²) >= 11 is 0. The van der Waals surface area contributed by atoms with Gasteiger partial charge >= 0.3 is 0 Å². The quantitative estimate of drug-likeness (QED) is 0.591. The summed E-state index contributed by atoms with van der Waals surface area (Å²) < 4.78 is 22.4. The van der Waals surface area contributed by atoms with E-state index in [4.69, 9.17) is 0 Å². The summed E-state index contributed by atoms with van der Waals surface area (Å²) in [6.07, 6.45) is 0. The van der Waals surface area contributed by atoms with Gasteiger partial charge in [0.15, 0.2) is 0 Å². The predicted octanol–water partition coefficient (Wildman–Crippen LogP) is 4.22. The van der Waals surface area contributed by atoms with Crippen LogP contribution in [0.2, 0.25) is 0 Å². The summed E-state index contributed by atoms with van der Waals surface area (Å²) in [6.45, 7) is 0. The fraction of sp³-hybridized carbons (Fsp3) is 0.357. The largest absolute Gasteiger partial charge is 0.349 e. The Morgan fingerprint density at radius 2 is 1.40 bits per heavy atom. The molecule has 1 aliphatic heterocycles. The van der Waals surface area contributed by atoms with Crippen LogP contribution < -0.4 is 10.6 Å². The van der Waals surface area contributed by atoms with E-state index in [2.05, 4.69) is 10.6 Å². The van der Waals surface area contributed by atoms with Crippen molar-refractivity contribution in [3.63, 3.8) is 0 Å². The first-order valence-electron chi connectivity index (χ1n) is 5.67. The van der Waals surface area contributed by atoms with Crippen LogP contribution >= 0.6 is 32.4 Å². The lowest BCUT2D eigenvalue weighted by molar-refractivity contribution is 0.108. The van der Waals surface area contributed by atoms with E-state index in [1.54, 1.807) is 12.1 Å². The lowest BCUT2D eigenvalue weighted by Gasteiger charge is -1.95. The zero-order valence-electron chi connectivity index (χ0n) is 11.5. The van der Waals surface area contributed by atoms with Crippen molar-refractivity contribution in [3.8, 4) is 0 Å². The number of carbonyl (C=O) groups excluding carboxylic acids is 3. The van der Waals surface area contributed by atoms with Crippen molar-refractivity contribution in [2.75, 3.05) is 14.1 Å². The monoisotopic (exact) mass is 428 g/mol. The molecular weight excluding hydrogens is 404 g/mol. The van der Waals surface area contributed by atoms with Crippen LogP contribution in [0.5, 0.6) is 0 Å². The molecule has 1 heterocycles. The number of hydrogen-bond acceptors (Lipinski definition) is 8. The van der Waals surface area contributed by atoms with Gasteiger partial charge in [-0.25, -0.2) is 8.42 Å². The zero-order chi connectivity index (χ0) is 16.8. The third kappa shape index (κ3) is 8.66. The van der Waals surface area contributed by atoms with Crippen molar-refractivity contribution in [1.29, 1.82) is 0 Å². The highest BCUT2D eigenvalue weighted by Crippen LogP contribution is 2.37. The van der Waals surface area contributed by atoms with Gasteiger partial charge in [-0.1, -0.05) is 34.4 Å². The molecule has 0 aromatic heterocycles. The van der Waals surface area contributed by atoms with Crippen LogP contribution in [-0.2, 0) is 8.87 Å². The summed E-state index contributed by atoms with van der Waals surface area (Å²) in [6, 6.07) is 6.23. The number of fused-ring (bicyclic) bond motifs is 1. The van der Waals surface area contributed by atoms with Crippen LogP contribution in [0.15, 0.2) is 29.2 Å². The Morgan fingerprint density at radius 3 is 1.80 bits per heavy atom. The average Bonchev–Trinajstić information content (AvgIpc) is 2.75. The molecule has 0 radical (unpaired) electrons. The molecule has 1 aromatic carbocycles. The van der Waals surface area contributed by atoms with Crippen LogP contribution in [0.25, 0.3) is 0 Å². The minimum Gasteiger partial charge on any atom is -0.349 e. The minimum absolute atomic E-state index is 0. The second kappa shape index (κ2) is 13.1. The molecule has 0 atom stereocenters. The highest BCUT2D eigenvalue weighted by atomic mass is 33.1. The Bertz CT molecular complexity index is 676. The standard InChI is InChI=1S/C7H4O3S2.C4H8N2O2S2.3CH4/c8-7-5-3-1-2-4-6(5)12(9,10)11-7;1-5-3(7)9-10-4(8)6-2;;;/h1-4H;1-2H3,(H,5,7)(H,6,8);3*1H4. The second-order valence-corrected chi connectivity index (χ2v) is 9.34. The van der Waals surface area contributed by atoms with Crippen molar-refractivity contribution in [1.82, 2.24) is 10.6 Å². The van der Waals surface area contributed by atoms with E-state index in [1.807, 2.05) is 0 Å². The molecule has 0 unspecified atom stereocenters. The molecule has 11 heteroatoms. The van der Waals surface area contributed by atoms with Crippen LogP contribution in [0.1, 0.15) is 32.6 Å². The molecule has 0 bridgehead atoms. The molecule has 0 saturated carbocycles. The molecule has 144 valence electrons. The van der Waals surface area contributed by atoms with Gasteiger partial charge in [-0.05, 0) is 12.1 Å².